The lowest BCUT2D eigenvalue weighted by atomic mass is 9.94. The van der Waals surface area contributed by atoms with E-state index in [2.05, 4.69) is 68.4 Å². The maximum Gasteiger partial charge on any atom is 0.0355 e. The van der Waals surface area contributed by atoms with Crippen molar-refractivity contribution in [3.05, 3.63) is 35.9 Å². The normalized spacial score (nSPS) is 14.9. The van der Waals surface area contributed by atoms with E-state index in [9.17, 15) is 0 Å². The lowest BCUT2D eigenvalue weighted by Gasteiger charge is -2.29. The highest BCUT2D eigenvalue weighted by atomic mass is 15.1. The zero-order valence-electron chi connectivity index (χ0n) is 11.6. The van der Waals surface area contributed by atoms with Gasteiger partial charge in [-0.1, -0.05) is 51.1 Å². The summed E-state index contributed by atoms with van der Waals surface area (Å²) in [4.78, 5) is 2.48. The molecule has 2 heteroatoms. The van der Waals surface area contributed by atoms with Crippen LogP contribution in [0.25, 0.3) is 0 Å². The predicted octanol–water partition coefficient (Wildman–Crippen LogP) is 2.93. The Morgan fingerprint density at radius 2 is 1.71 bits per heavy atom. The lowest BCUT2D eigenvalue weighted by molar-refractivity contribution is 0.232. The van der Waals surface area contributed by atoms with Crippen molar-refractivity contribution in [2.45, 2.75) is 26.8 Å². The van der Waals surface area contributed by atoms with E-state index in [1.54, 1.807) is 0 Å². The number of hydrogen-bond acceptors (Lipinski definition) is 2. The molecule has 2 nitrogen and oxygen atoms in total. The quantitative estimate of drug-likeness (QED) is 0.780. The van der Waals surface area contributed by atoms with Crippen molar-refractivity contribution >= 4 is 0 Å². The topological polar surface area (TPSA) is 15.3 Å². The van der Waals surface area contributed by atoms with Crippen LogP contribution < -0.4 is 5.32 Å². The van der Waals surface area contributed by atoms with E-state index in [-0.39, 0.29) is 0 Å². The molecule has 0 radical (unpaired) electrons. The molecule has 1 rings (SSSR count). The van der Waals surface area contributed by atoms with Gasteiger partial charge in [0.2, 0.25) is 0 Å². The third-order valence-electron chi connectivity index (χ3n) is 3.48. The second-order valence-corrected chi connectivity index (χ2v) is 4.64. The van der Waals surface area contributed by atoms with Crippen LogP contribution in [0.5, 0.6) is 0 Å². The molecule has 0 heterocycles. The minimum Gasteiger partial charge on any atom is -0.313 e. The van der Waals surface area contributed by atoms with Gasteiger partial charge in [-0.25, -0.2) is 0 Å². The standard InChI is InChI=1S/C15H26N2/c1-5-17(6-2)12-13(3)15(16-4)14-10-8-7-9-11-14/h7-11,13,15-16H,5-6,12H2,1-4H3/t13-,15+/m0/s1. The van der Waals surface area contributed by atoms with Gasteiger partial charge in [0, 0.05) is 12.6 Å². The van der Waals surface area contributed by atoms with Crippen LogP contribution in [0.15, 0.2) is 30.3 Å². The Morgan fingerprint density at radius 3 is 2.18 bits per heavy atom. The monoisotopic (exact) mass is 234 g/mol. The average molecular weight is 234 g/mol. The molecule has 0 spiro atoms. The van der Waals surface area contributed by atoms with E-state index in [0.29, 0.717) is 12.0 Å². The smallest absolute Gasteiger partial charge is 0.0355 e. The SMILES string of the molecule is CCN(CC)C[C@H](C)[C@@H](NC)c1ccccc1. The minimum absolute atomic E-state index is 0.441. The average Bonchev–Trinajstić information content (AvgIpc) is 2.38. The second-order valence-electron chi connectivity index (χ2n) is 4.64. The van der Waals surface area contributed by atoms with Crippen LogP contribution in [0.2, 0.25) is 0 Å². The summed E-state index contributed by atoms with van der Waals surface area (Å²) in [6, 6.07) is 11.2. The molecular weight excluding hydrogens is 208 g/mol. The van der Waals surface area contributed by atoms with Gasteiger partial charge in [-0.3, -0.25) is 0 Å². The summed E-state index contributed by atoms with van der Waals surface area (Å²) in [7, 11) is 2.05. The molecule has 1 aromatic carbocycles. The molecule has 0 aliphatic heterocycles. The van der Waals surface area contributed by atoms with E-state index in [4.69, 9.17) is 0 Å². The summed E-state index contributed by atoms with van der Waals surface area (Å²) in [5, 5.41) is 3.44. The van der Waals surface area contributed by atoms with Crippen molar-refractivity contribution in [3.63, 3.8) is 0 Å². The summed E-state index contributed by atoms with van der Waals surface area (Å²) in [6.45, 7) is 10.2. The Hall–Kier alpha value is -0.860. The fourth-order valence-corrected chi connectivity index (χ4v) is 2.43. The maximum absolute atomic E-state index is 3.44. The molecule has 0 amide bonds. The maximum atomic E-state index is 3.44. The number of benzene rings is 1. The van der Waals surface area contributed by atoms with Crippen LogP contribution >= 0.6 is 0 Å². The van der Waals surface area contributed by atoms with Gasteiger partial charge in [-0.05, 0) is 31.6 Å². The number of rotatable bonds is 7. The number of hydrogen-bond donors (Lipinski definition) is 1. The van der Waals surface area contributed by atoms with Gasteiger partial charge >= 0.3 is 0 Å². The molecule has 1 aromatic rings. The van der Waals surface area contributed by atoms with Crippen LogP contribution in [-0.2, 0) is 0 Å². The van der Waals surface area contributed by atoms with E-state index in [1.807, 2.05) is 0 Å². The van der Waals surface area contributed by atoms with Crippen LogP contribution in [0.4, 0.5) is 0 Å². The summed E-state index contributed by atoms with van der Waals surface area (Å²) in [5.74, 6) is 0.613. The predicted molar refractivity (Wildman–Crippen MR) is 75.2 cm³/mol. The fraction of sp³-hybridized carbons (Fsp3) is 0.600. The van der Waals surface area contributed by atoms with E-state index in [0.717, 1.165) is 19.6 Å². The Bertz CT molecular complexity index is 293. The summed E-state index contributed by atoms with van der Waals surface area (Å²) in [5.41, 5.74) is 1.38. The van der Waals surface area contributed by atoms with Crippen molar-refractivity contribution in [3.8, 4) is 0 Å². The third kappa shape index (κ3) is 4.14. The number of nitrogens with zero attached hydrogens (tertiary/aromatic N) is 1. The van der Waals surface area contributed by atoms with Gasteiger partial charge in [-0.2, -0.15) is 0 Å². The van der Waals surface area contributed by atoms with Gasteiger partial charge in [0.05, 0.1) is 0 Å². The zero-order valence-corrected chi connectivity index (χ0v) is 11.6. The molecule has 2 atom stereocenters. The van der Waals surface area contributed by atoms with E-state index >= 15 is 0 Å². The highest BCUT2D eigenvalue weighted by Gasteiger charge is 2.18. The Labute approximate surface area is 106 Å². The van der Waals surface area contributed by atoms with Gasteiger partial charge in [0.15, 0.2) is 0 Å². The minimum atomic E-state index is 0.441. The summed E-state index contributed by atoms with van der Waals surface area (Å²) in [6.07, 6.45) is 0. The molecule has 0 aliphatic rings. The van der Waals surface area contributed by atoms with E-state index in [1.165, 1.54) is 5.56 Å². The summed E-state index contributed by atoms with van der Waals surface area (Å²) < 4.78 is 0. The molecular formula is C15H26N2. The third-order valence-corrected chi connectivity index (χ3v) is 3.48. The first-order valence-corrected chi connectivity index (χ1v) is 6.67. The largest absolute Gasteiger partial charge is 0.313 e. The first-order chi connectivity index (χ1) is 8.22. The lowest BCUT2D eigenvalue weighted by Crippen LogP contribution is -2.34. The number of nitrogens with one attached hydrogen (secondary N) is 1. The molecule has 0 aliphatic carbocycles. The molecule has 0 bridgehead atoms. The molecule has 0 unspecified atom stereocenters. The van der Waals surface area contributed by atoms with Gasteiger partial charge in [-0.15, -0.1) is 0 Å². The second kappa shape index (κ2) is 7.46. The highest BCUT2D eigenvalue weighted by Crippen LogP contribution is 2.22. The molecule has 96 valence electrons. The van der Waals surface area contributed by atoms with Gasteiger partial charge < -0.3 is 10.2 Å². The van der Waals surface area contributed by atoms with Crippen LogP contribution in [0.1, 0.15) is 32.4 Å². The molecule has 1 N–H and O–H groups in total. The van der Waals surface area contributed by atoms with Crippen molar-refractivity contribution in [1.82, 2.24) is 10.2 Å². The van der Waals surface area contributed by atoms with Crippen molar-refractivity contribution in [1.29, 1.82) is 0 Å². The van der Waals surface area contributed by atoms with Crippen LogP contribution in [0.3, 0.4) is 0 Å². The van der Waals surface area contributed by atoms with Crippen molar-refractivity contribution < 1.29 is 0 Å². The first-order valence-electron chi connectivity index (χ1n) is 6.67. The molecule has 0 fully saturated rings. The van der Waals surface area contributed by atoms with Gasteiger partial charge in [0.25, 0.3) is 0 Å². The Kier molecular flexibility index (Phi) is 6.23. The highest BCUT2D eigenvalue weighted by molar-refractivity contribution is 5.19. The molecule has 17 heavy (non-hydrogen) atoms. The van der Waals surface area contributed by atoms with Crippen LogP contribution in [-0.4, -0.2) is 31.6 Å². The first kappa shape index (κ1) is 14.2. The Morgan fingerprint density at radius 1 is 1.12 bits per heavy atom. The summed E-state index contributed by atoms with van der Waals surface area (Å²) >= 11 is 0. The van der Waals surface area contributed by atoms with Crippen LogP contribution in [0, 0.1) is 5.92 Å². The molecule has 0 aromatic heterocycles. The fourth-order valence-electron chi connectivity index (χ4n) is 2.43. The van der Waals surface area contributed by atoms with Crippen molar-refractivity contribution in [2.75, 3.05) is 26.7 Å². The molecule has 0 saturated carbocycles. The Balaban J connectivity index is 2.67. The zero-order chi connectivity index (χ0) is 12.7. The molecule has 0 saturated heterocycles. The van der Waals surface area contributed by atoms with Crippen molar-refractivity contribution in [2.24, 2.45) is 5.92 Å². The van der Waals surface area contributed by atoms with Gasteiger partial charge in [0.1, 0.15) is 0 Å². The van der Waals surface area contributed by atoms with E-state index < -0.39 is 0 Å².